The number of benzene rings is 2. The molecular formula is C20H22N4O3. The minimum absolute atomic E-state index is 0.0168. The molecule has 1 fully saturated rings. The lowest BCUT2D eigenvalue weighted by Crippen LogP contribution is -2.39. The molecule has 0 radical (unpaired) electrons. The molecule has 3 N–H and O–H groups in total. The van der Waals surface area contributed by atoms with Crippen molar-refractivity contribution in [1.29, 1.82) is 0 Å². The maximum absolute atomic E-state index is 12.3. The first-order valence-electron chi connectivity index (χ1n) is 8.73. The number of anilines is 3. The highest BCUT2D eigenvalue weighted by Gasteiger charge is 2.31. The molecule has 27 heavy (non-hydrogen) atoms. The summed E-state index contributed by atoms with van der Waals surface area (Å²) in [5.74, 6) is -0.200. The number of amides is 4. The van der Waals surface area contributed by atoms with Gasteiger partial charge >= 0.3 is 6.03 Å². The molecule has 1 saturated heterocycles. The molecular weight excluding hydrogens is 344 g/mol. The molecule has 1 atom stereocenters. The number of nitrogens with one attached hydrogen (secondary N) is 3. The summed E-state index contributed by atoms with van der Waals surface area (Å²) in [5.41, 5.74) is 3.11. The standard InChI is InChI=1S/C20H22N4O3/c1-13-6-8-18(9-7-13)24-12-17(11-19(24)26)23-20(27)22-16-5-3-4-15(10-16)21-14(2)25/h3-10,17H,11-12H2,1-2H3,(H,21,25)(H2,22,23,27)/t17-/m1/s1. The average molecular weight is 366 g/mol. The van der Waals surface area contributed by atoms with Crippen molar-refractivity contribution in [2.24, 2.45) is 0 Å². The quantitative estimate of drug-likeness (QED) is 0.777. The molecule has 1 aliphatic heterocycles. The number of rotatable bonds is 4. The van der Waals surface area contributed by atoms with E-state index in [4.69, 9.17) is 0 Å². The number of hydrogen-bond donors (Lipinski definition) is 3. The van der Waals surface area contributed by atoms with Gasteiger partial charge in [-0.3, -0.25) is 9.59 Å². The Morgan fingerprint density at radius 1 is 1.04 bits per heavy atom. The summed E-state index contributed by atoms with van der Waals surface area (Å²) in [5, 5.41) is 8.22. The molecule has 7 nitrogen and oxygen atoms in total. The van der Waals surface area contributed by atoms with Crippen molar-refractivity contribution in [2.75, 3.05) is 22.1 Å². The van der Waals surface area contributed by atoms with Crippen molar-refractivity contribution < 1.29 is 14.4 Å². The lowest BCUT2D eigenvalue weighted by atomic mass is 10.2. The van der Waals surface area contributed by atoms with Gasteiger partial charge in [0.15, 0.2) is 0 Å². The van der Waals surface area contributed by atoms with E-state index in [1.54, 1.807) is 29.2 Å². The Hall–Kier alpha value is -3.35. The number of hydrogen-bond acceptors (Lipinski definition) is 3. The highest BCUT2D eigenvalue weighted by molar-refractivity contribution is 5.98. The minimum atomic E-state index is -0.390. The molecule has 0 unspecified atom stereocenters. The normalized spacial score (nSPS) is 16.1. The summed E-state index contributed by atoms with van der Waals surface area (Å²) in [6.07, 6.45) is 0.257. The van der Waals surface area contributed by atoms with Gasteiger partial charge in [0.2, 0.25) is 11.8 Å². The minimum Gasteiger partial charge on any atom is -0.333 e. The van der Waals surface area contributed by atoms with E-state index in [1.807, 2.05) is 31.2 Å². The van der Waals surface area contributed by atoms with Crippen LogP contribution < -0.4 is 20.9 Å². The summed E-state index contributed by atoms with van der Waals surface area (Å²) in [7, 11) is 0. The second kappa shape index (κ2) is 7.90. The van der Waals surface area contributed by atoms with Gasteiger partial charge in [-0.05, 0) is 37.3 Å². The molecule has 1 aliphatic rings. The molecule has 7 heteroatoms. The Labute approximate surface area is 157 Å². The lowest BCUT2D eigenvalue weighted by Gasteiger charge is -2.17. The van der Waals surface area contributed by atoms with Crippen molar-refractivity contribution >= 4 is 34.9 Å². The van der Waals surface area contributed by atoms with Crippen LogP contribution in [-0.4, -0.2) is 30.4 Å². The SMILES string of the molecule is CC(=O)Nc1cccc(NC(=O)N[C@@H]2CC(=O)N(c3ccc(C)cc3)C2)c1. The second-order valence-electron chi connectivity index (χ2n) is 6.60. The number of carbonyl (C=O) groups is 3. The van der Waals surface area contributed by atoms with Gasteiger partial charge in [0.1, 0.15) is 0 Å². The molecule has 0 aliphatic carbocycles. The van der Waals surface area contributed by atoms with E-state index < -0.39 is 6.03 Å². The maximum Gasteiger partial charge on any atom is 0.319 e. The number of carbonyl (C=O) groups excluding carboxylic acids is 3. The van der Waals surface area contributed by atoms with E-state index in [2.05, 4.69) is 16.0 Å². The Bertz CT molecular complexity index is 864. The van der Waals surface area contributed by atoms with Crippen LogP contribution in [0.4, 0.5) is 21.9 Å². The van der Waals surface area contributed by atoms with Crippen molar-refractivity contribution in [1.82, 2.24) is 5.32 Å². The fourth-order valence-corrected chi connectivity index (χ4v) is 3.01. The zero-order chi connectivity index (χ0) is 19.4. The van der Waals surface area contributed by atoms with Gasteiger partial charge in [-0.15, -0.1) is 0 Å². The third-order valence-corrected chi connectivity index (χ3v) is 4.25. The number of urea groups is 1. The van der Waals surface area contributed by atoms with Crippen LogP contribution in [0.2, 0.25) is 0 Å². The topological polar surface area (TPSA) is 90.5 Å². The first kappa shape index (κ1) is 18.4. The van der Waals surface area contributed by atoms with Gasteiger partial charge in [0.05, 0.1) is 6.04 Å². The molecule has 3 rings (SSSR count). The molecule has 0 saturated carbocycles. The van der Waals surface area contributed by atoms with Crippen LogP contribution in [-0.2, 0) is 9.59 Å². The van der Waals surface area contributed by atoms with Gasteiger partial charge in [-0.25, -0.2) is 4.79 Å². The van der Waals surface area contributed by atoms with E-state index in [1.165, 1.54) is 6.92 Å². The zero-order valence-electron chi connectivity index (χ0n) is 15.3. The van der Waals surface area contributed by atoms with Gasteiger partial charge < -0.3 is 20.9 Å². The van der Waals surface area contributed by atoms with Gasteiger partial charge in [-0.1, -0.05) is 23.8 Å². The van der Waals surface area contributed by atoms with E-state index in [-0.39, 0.29) is 24.3 Å². The van der Waals surface area contributed by atoms with Crippen molar-refractivity contribution in [2.45, 2.75) is 26.3 Å². The third kappa shape index (κ3) is 4.84. The fraction of sp³-hybridized carbons (Fsp3) is 0.250. The largest absolute Gasteiger partial charge is 0.333 e. The summed E-state index contributed by atoms with van der Waals surface area (Å²) in [6, 6.07) is 13.9. The van der Waals surface area contributed by atoms with Crippen molar-refractivity contribution in [3.8, 4) is 0 Å². The Morgan fingerprint density at radius 3 is 2.37 bits per heavy atom. The van der Waals surface area contributed by atoms with Crippen molar-refractivity contribution in [3.63, 3.8) is 0 Å². The smallest absolute Gasteiger partial charge is 0.319 e. The van der Waals surface area contributed by atoms with Crippen LogP contribution in [0.15, 0.2) is 48.5 Å². The van der Waals surface area contributed by atoms with Crippen molar-refractivity contribution in [3.05, 3.63) is 54.1 Å². The molecule has 4 amide bonds. The van der Waals surface area contributed by atoms with Crippen LogP contribution in [0.1, 0.15) is 18.9 Å². The highest BCUT2D eigenvalue weighted by Crippen LogP contribution is 2.22. The van der Waals surface area contributed by atoms with Crippen LogP contribution in [0, 0.1) is 6.92 Å². The first-order valence-corrected chi connectivity index (χ1v) is 8.73. The van der Waals surface area contributed by atoms with Crippen LogP contribution >= 0.6 is 0 Å². The van der Waals surface area contributed by atoms with E-state index in [0.717, 1.165) is 11.3 Å². The molecule has 0 spiro atoms. The molecule has 0 aromatic heterocycles. The van der Waals surface area contributed by atoms with Gasteiger partial charge in [-0.2, -0.15) is 0 Å². The van der Waals surface area contributed by atoms with Gasteiger partial charge in [0.25, 0.3) is 0 Å². The summed E-state index contributed by atoms with van der Waals surface area (Å²) >= 11 is 0. The third-order valence-electron chi connectivity index (χ3n) is 4.25. The highest BCUT2D eigenvalue weighted by atomic mass is 16.2. The van der Waals surface area contributed by atoms with Crippen LogP contribution in [0.25, 0.3) is 0 Å². The second-order valence-corrected chi connectivity index (χ2v) is 6.60. The van der Waals surface area contributed by atoms with E-state index in [0.29, 0.717) is 17.9 Å². The van der Waals surface area contributed by atoms with Gasteiger partial charge in [0, 0.05) is 37.0 Å². The van der Waals surface area contributed by atoms with Crippen LogP contribution in [0.5, 0.6) is 0 Å². The lowest BCUT2D eigenvalue weighted by molar-refractivity contribution is -0.117. The number of nitrogens with zero attached hydrogens (tertiary/aromatic N) is 1. The Morgan fingerprint density at radius 2 is 1.70 bits per heavy atom. The predicted molar refractivity (Wildman–Crippen MR) is 105 cm³/mol. The monoisotopic (exact) mass is 366 g/mol. The Balaban J connectivity index is 1.58. The predicted octanol–water partition coefficient (Wildman–Crippen LogP) is 2.88. The van der Waals surface area contributed by atoms with E-state index >= 15 is 0 Å². The molecule has 2 aromatic rings. The fourth-order valence-electron chi connectivity index (χ4n) is 3.01. The molecule has 0 bridgehead atoms. The molecule has 140 valence electrons. The molecule has 1 heterocycles. The number of aryl methyl sites for hydroxylation is 1. The van der Waals surface area contributed by atoms with E-state index in [9.17, 15) is 14.4 Å². The average Bonchev–Trinajstić information content (AvgIpc) is 2.95. The summed E-state index contributed by atoms with van der Waals surface area (Å²) in [4.78, 5) is 37.3. The summed E-state index contributed by atoms with van der Waals surface area (Å²) in [6.45, 7) is 3.84. The zero-order valence-corrected chi connectivity index (χ0v) is 15.3. The first-order chi connectivity index (χ1) is 12.9. The Kier molecular flexibility index (Phi) is 5.40. The maximum atomic E-state index is 12.3. The molecule has 2 aromatic carbocycles. The summed E-state index contributed by atoms with van der Waals surface area (Å²) < 4.78 is 0. The van der Waals surface area contributed by atoms with Crippen LogP contribution in [0.3, 0.4) is 0 Å².